The Balaban J connectivity index is 1.71. The Labute approximate surface area is 106 Å². The van der Waals surface area contributed by atoms with Crippen LogP contribution in [0.25, 0.3) is 0 Å². The first-order valence-corrected chi connectivity index (χ1v) is 7.70. The van der Waals surface area contributed by atoms with Crippen molar-refractivity contribution in [3.63, 3.8) is 0 Å². The molecule has 100 valence electrons. The average molecular weight is 239 g/mol. The molecule has 2 aliphatic carbocycles. The molecular formula is C15H29NO. The van der Waals surface area contributed by atoms with E-state index in [1.807, 2.05) is 0 Å². The molecule has 2 fully saturated rings. The molecule has 2 rings (SSSR count). The second-order valence-electron chi connectivity index (χ2n) is 6.11. The summed E-state index contributed by atoms with van der Waals surface area (Å²) < 4.78 is 0. The van der Waals surface area contributed by atoms with Gasteiger partial charge in [0.05, 0.1) is 6.10 Å². The van der Waals surface area contributed by atoms with E-state index in [1.165, 1.54) is 57.9 Å². The Kier molecular flexibility index (Phi) is 5.30. The smallest absolute Gasteiger partial charge is 0.0695 e. The zero-order valence-electron chi connectivity index (χ0n) is 11.4. The number of hydrogen-bond donors (Lipinski definition) is 1. The van der Waals surface area contributed by atoms with Crippen LogP contribution in [0.3, 0.4) is 0 Å². The van der Waals surface area contributed by atoms with E-state index < -0.39 is 0 Å². The molecule has 1 unspecified atom stereocenters. The van der Waals surface area contributed by atoms with Crippen molar-refractivity contribution in [2.24, 2.45) is 11.8 Å². The first-order valence-electron chi connectivity index (χ1n) is 7.70. The second kappa shape index (κ2) is 6.75. The van der Waals surface area contributed by atoms with Crippen molar-refractivity contribution in [2.45, 2.75) is 64.4 Å². The molecule has 2 heteroatoms. The molecule has 2 aliphatic rings. The van der Waals surface area contributed by atoms with Crippen molar-refractivity contribution in [1.82, 2.24) is 4.90 Å². The fraction of sp³-hybridized carbons (Fsp3) is 1.00. The van der Waals surface area contributed by atoms with Crippen molar-refractivity contribution in [2.75, 3.05) is 19.6 Å². The van der Waals surface area contributed by atoms with Crippen LogP contribution in [0.2, 0.25) is 0 Å². The molecule has 0 amide bonds. The van der Waals surface area contributed by atoms with Gasteiger partial charge in [-0.2, -0.15) is 0 Å². The molecular weight excluding hydrogens is 210 g/mol. The van der Waals surface area contributed by atoms with E-state index in [9.17, 15) is 5.11 Å². The van der Waals surface area contributed by atoms with Gasteiger partial charge in [-0.3, -0.25) is 0 Å². The first kappa shape index (κ1) is 13.4. The van der Waals surface area contributed by atoms with Gasteiger partial charge in [0.2, 0.25) is 0 Å². The van der Waals surface area contributed by atoms with Crippen LogP contribution in [0, 0.1) is 11.8 Å². The lowest BCUT2D eigenvalue weighted by atomic mass is 9.83. The fourth-order valence-corrected chi connectivity index (χ4v) is 3.31. The Morgan fingerprint density at radius 1 is 1.06 bits per heavy atom. The summed E-state index contributed by atoms with van der Waals surface area (Å²) in [4.78, 5) is 2.48. The lowest BCUT2D eigenvalue weighted by Gasteiger charge is -2.35. The van der Waals surface area contributed by atoms with Gasteiger partial charge in [-0.05, 0) is 44.1 Å². The number of aliphatic hydroxyl groups is 1. The molecule has 0 aliphatic heterocycles. The summed E-state index contributed by atoms with van der Waals surface area (Å²) in [5.41, 5.74) is 0. The third kappa shape index (κ3) is 3.96. The molecule has 0 spiro atoms. The molecule has 0 bridgehead atoms. The van der Waals surface area contributed by atoms with Gasteiger partial charge in [0.25, 0.3) is 0 Å². The molecule has 0 saturated heterocycles. The van der Waals surface area contributed by atoms with Gasteiger partial charge in [-0.1, -0.05) is 32.6 Å². The number of likely N-dealkylation sites (N-methyl/N-ethyl adjacent to an activating group) is 1. The van der Waals surface area contributed by atoms with E-state index in [2.05, 4.69) is 11.8 Å². The lowest BCUT2D eigenvalue weighted by molar-refractivity contribution is 0.0396. The van der Waals surface area contributed by atoms with Crippen LogP contribution in [-0.4, -0.2) is 35.7 Å². The molecule has 0 radical (unpaired) electrons. The molecule has 0 aromatic rings. The van der Waals surface area contributed by atoms with Gasteiger partial charge >= 0.3 is 0 Å². The molecule has 0 heterocycles. The van der Waals surface area contributed by atoms with Crippen LogP contribution in [0.5, 0.6) is 0 Å². The lowest BCUT2D eigenvalue weighted by Crippen LogP contribution is -2.40. The van der Waals surface area contributed by atoms with Gasteiger partial charge in [-0.15, -0.1) is 0 Å². The van der Waals surface area contributed by atoms with Crippen molar-refractivity contribution < 1.29 is 5.11 Å². The van der Waals surface area contributed by atoms with E-state index in [4.69, 9.17) is 0 Å². The zero-order chi connectivity index (χ0) is 12.1. The standard InChI is InChI=1S/C15H29NO/c1-2-16(11-13-7-6-8-13)12-15(17)14-9-4-3-5-10-14/h13-15,17H,2-12H2,1H3. The van der Waals surface area contributed by atoms with E-state index >= 15 is 0 Å². The van der Waals surface area contributed by atoms with Gasteiger partial charge in [-0.25, -0.2) is 0 Å². The summed E-state index contributed by atoms with van der Waals surface area (Å²) in [5, 5.41) is 10.3. The maximum absolute atomic E-state index is 10.3. The monoisotopic (exact) mass is 239 g/mol. The summed E-state index contributed by atoms with van der Waals surface area (Å²) in [7, 11) is 0. The van der Waals surface area contributed by atoms with Gasteiger partial charge in [0.1, 0.15) is 0 Å². The van der Waals surface area contributed by atoms with Crippen LogP contribution in [-0.2, 0) is 0 Å². The van der Waals surface area contributed by atoms with E-state index in [1.54, 1.807) is 0 Å². The van der Waals surface area contributed by atoms with Crippen molar-refractivity contribution in [1.29, 1.82) is 0 Å². The van der Waals surface area contributed by atoms with Gasteiger partial charge in [0, 0.05) is 13.1 Å². The Morgan fingerprint density at radius 3 is 2.29 bits per heavy atom. The molecule has 0 aromatic carbocycles. The third-order valence-electron chi connectivity index (χ3n) is 4.83. The Morgan fingerprint density at radius 2 is 1.76 bits per heavy atom. The largest absolute Gasteiger partial charge is 0.392 e. The normalized spacial score (nSPS) is 24.9. The highest BCUT2D eigenvalue weighted by atomic mass is 16.3. The Hall–Kier alpha value is -0.0800. The predicted octanol–water partition coefficient (Wildman–Crippen LogP) is 3.05. The van der Waals surface area contributed by atoms with Crippen molar-refractivity contribution >= 4 is 0 Å². The highest BCUT2D eigenvalue weighted by Crippen LogP contribution is 2.29. The molecule has 2 nitrogen and oxygen atoms in total. The second-order valence-corrected chi connectivity index (χ2v) is 6.11. The first-order chi connectivity index (χ1) is 8.29. The average Bonchev–Trinajstić information content (AvgIpc) is 2.33. The van der Waals surface area contributed by atoms with E-state index in [0.717, 1.165) is 19.0 Å². The predicted molar refractivity (Wildman–Crippen MR) is 72.0 cm³/mol. The zero-order valence-corrected chi connectivity index (χ0v) is 11.4. The summed E-state index contributed by atoms with van der Waals surface area (Å²) >= 11 is 0. The number of rotatable bonds is 6. The molecule has 1 N–H and O–H groups in total. The van der Waals surface area contributed by atoms with E-state index in [0.29, 0.717) is 5.92 Å². The summed E-state index contributed by atoms with van der Waals surface area (Å²) in [6, 6.07) is 0. The summed E-state index contributed by atoms with van der Waals surface area (Å²) in [6.07, 6.45) is 10.7. The van der Waals surface area contributed by atoms with Gasteiger partial charge in [0.15, 0.2) is 0 Å². The minimum atomic E-state index is -0.0738. The highest BCUT2D eigenvalue weighted by Gasteiger charge is 2.25. The Bertz CT molecular complexity index is 209. The van der Waals surface area contributed by atoms with Crippen LogP contribution in [0.1, 0.15) is 58.3 Å². The quantitative estimate of drug-likeness (QED) is 0.770. The highest BCUT2D eigenvalue weighted by molar-refractivity contribution is 4.79. The fourth-order valence-electron chi connectivity index (χ4n) is 3.31. The number of hydrogen-bond acceptors (Lipinski definition) is 2. The van der Waals surface area contributed by atoms with Gasteiger partial charge < -0.3 is 10.0 Å². The molecule has 0 aromatic heterocycles. The van der Waals surface area contributed by atoms with Crippen LogP contribution in [0.4, 0.5) is 0 Å². The van der Waals surface area contributed by atoms with Crippen LogP contribution < -0.4 is 0 Å². The molecule has 1 atom stereocenters. The minimum Gasteiger partial charge on any atom is -0.392 e. The number of aliphatic hydroxyl groups excluding tert-OH is 1. The maximum Gasteiger partial charge on any atom is 0.0695 e. The summed E-state index contributed by atoms with van der Waals surface area (Å²) in [5.74, 6) is 1.51. The molecule has 2 saturated carbocycles. The van der Waals surface area contributed by atoms with Crippen LogP contribution >= 0.6 is 0 Å². The topological polar surface area (TPSA) is 23.5 Å². The van der Waals surface area contributed by atoms with Crippen molar-refractivity contribution in [3.8, 4) is 0 Å². The van der Waals surface area contributed by atoms with E-state index in [-0.39, 0.29) is 6.10 Å². The SMILES string of the molecule is CCN(CC1CCC1)CC(O)C1CCCCC1. The molecule has 17 heavy (non-hydrogen) atoms. The van der Waals surface area contributed by atoms with Crippen molar-refractivity contribution in [3.05, 3.63) is 0 Å². The third-order valence-corrected chi connectivity index (χ3v) is 4.83. The summed E-state index contributed by atoms with van der Waals surface area (Å²) in [6.45, 7) is 5.46. The number of nitrogens with zero attached hydrogens (tertiary/aromatic N) is 1. The minimum absolute atomic E-state index is 0.0738. The van der Waals surface area contributed by atoms with Crippen LogP contribution in [0.15, 0.2) is 0 Å². The maximum atomic E-state index is 10.3.